The summed E-state index contributed by atoms with van der Waals surface area (Å²) in [6, 6.07) is 0. The van der Waals surface area contributed by atoms with Crippen molar-refractivity contribution in [3.05, 3.63) is 0 Å². The highest BCUT2D eigenvalue weighted by atomic mass is 16.5. The SMILES string of the molecule is CC1CCC1.CC1CCCC1.CCC.CCC.CCC.CCC.CCC.CCC.C[C@H]1CCCO1.C[C@H]1CCNC1.C[C@H]1CCO1.C[C@H]1CCOC1. The zero-order valence-corrected chi connectivity index (χ0v) is 40.2. The Morgan fingerprint density at radius 2 is 0.769 bits per heavy atom. The summed E-state index contributed by atoms with van der Waals surface area (Å²) in [5.74, 6) is 3.87. The molecule has 0 spiro atoms. The Bertz CT molecular complexity index is 416. The normalized spacial score (nSPS) is 23.0. The summed E-state index contributed by atoms with van der Waals surface area (Å²) < 4.78 is 15.1. The van der Waals surface area contributed by atoms with Gasteiger partial charge in [-0.05, 0) is 82.7 Å². The smallest absolute Gasteiger partial charge is 0.0568 e. The molecule has 52 heavy (non-hydrogen) atoms. The van der Waals surface area contributed by atoms with E-state index in [1.165, 1.54) is 129 Å². The largest absolute Gasteiger partial charge is 0.381 e. The minimum Gasteiger partial charge on any atom is -0.381 e. The van der Waals surface area contributed by atoms with E-state index in [1.807, 2.05) is 0 Å². The first-order valence-corrected chi connectivity index (χ1v) is 23.4. The van der Waals surface area contributed by atoms with Gasteiger partial charge >= 0.3 is 0 Å². The van der Waals surface area contributed by atoms with Crippen LogP contribution in [0.4, 0.5) is 0 Å². The van der Waals surface area contributed by atoms with Crippen molar-refractivity contribution in [3.63, 3.8) is 0 Å². The molecule has 4 nitrogen and oxygen atoms in total. The predicted molar refractivity (Wildman–Crippen MR) is 242 cm³/mol. The predicted octanol–water partition coefficient (Wildman–Crippen LogP) is 16.1. The molecule has 6 rings (SSSR count). The van der Waals surface area contributed by atoms with E-state index in [4.69, 9.17) is 14.2 Å². The summed E-state index contributed by atoms with van der Waals surface area (Å²) in [6.07, 6.45) is 25.4. The van der Waals surface area contributed by atoms with Crippen LogP contribution in [0.1, 0.15) is 240 Å². The monoisotopic (exact) mass is 748 g/mol. The molecule has 0 amide bonds. The molecular weight excluding hydrogens is 639 g/mol. The van der Waals surface area contributed by atoms with E-state index in [1.54, 1.807) is 0 Å². The zero-order chi connectivity index (χ0) is 41.3. The maximum atomic E-state index is 5.15. The van der Waals surface area contributed by atoms with Gasteiger partial charge in [0.05, 0.1) is 12.2 Å². The van der Waals surface area contributed by atoms with Crippen molar-refractivity contribution in [2.24, 2.45) is 23.7 Å². The van der Waals surface area contributed by atoms with Gasteiger partial charge in [-0.2, -0.15) is 0 Å². The first-order chi connectivity index (χ1) is 24.8. The fourth-order valence-corrected chi connectivity index (χ4v) is 4.29. The summed E-state index contributed by atoms with van der Waals surface area (Å²) in [5, 5.41) is 3.27. The summed E-state index contributed by atoms with van der Waals surface area (Å²) >= 11 is 0. The second-order valence-corrected chi connectivity index (χ2v) is 16.0. The maximum absolute atomic E-state index is 5.15. The number of nitrogens with one attached hydrogen (secondary N) is 1. The van der Waals surface area contributed by atoms with Crippen LogP contribution in [0.25, 0.3) is 0 Å². The first kappa shape index (κ1) is 63.8. The second-order valence-electron chi connectivity index (χ2n) is 16.0. The highest BCUT2D eigenvalue weighted by Crippen LogP contribution is 2.24. The molecule has 2 aliphatic carbocycles. The van der Waals surface area contributed by atoms with Crippen molar-refractivity contribution < 1.29 is 14.2 Å². The molecule has 4 saturated heterocycles. The second kappa shape index (κ2) is 60.1. The summed E-state index contributed by atoms with van der Waals surface area (Å²) in [5.41, 5.74) is 0. The summed E-state index contributed by atoms with van der Waals surface area (Å²) in [7, 11) is 0. The topological polar surface area (TPSA) is 39.7 Å². The fourth-order valence-electron chi connectivity index (χ4n) is 4.29. The molecule has 1 N–H and O–H groups in total. The van der Waals surface area contributed by atoms with Gasteiger partial charge in [-0.15, -0.1) is 0 Å². The van der Waals surface area contributed by atoms with E-state index in [9.17, 15) is 0 Å². The Kier molecular flexibility index (Phi) is 73.7. The molecule has 4 aliphatic heterocycles. The molecule has 0 aromatic carbocycles. The molecule has 324 valence electrons. The van der Waals surface area contributed by atoms with Gasteiger partial charge in [-0.25, -0.2) is 0 Å². The summed E-state index contributed by atoms with van der Waals surface area (Å²) in [4.78, 5) is 0. The van der Waals surface area contributed by atoms with Crippen LogP contribution >= 0.6 is 0 Å². The minimum absolute atomic E-state index is 0.546. The van der Waals surface area contributed by atoms with Crippen LogP contribution < -0.4 is 5.32 Å². The van der Waals surface area contributed by atoms with Crippen LogP contribution in [0.3, 0.4) is 0 Å². The maximum Gasteiger partial charge on any atom is 0.0568 e. The van der Waals surface area contributed by atoms with Crippen LogP contribution in [0.2, 0.25) is 0 Å². The molecule has 6 aliphatic rings. The van der Waals surface area contributed by atoms with Crippen molar-refractivity contribution in [3.8, 4) is 0 Å². The lowest BCUT2D eigenvalue weighted by atomic mass is 9.88. The van der Waals surface area contributed by atoms with Crippen molar-refractivity contribution in [1.29, 1.82) is 0 Å². The lowest BCUT2D eigenvalue weighted by Gasteiger charge is -2.20. The van der Waals surface area contributed by atoms with Crippen LogP contribution in [-0.4, -0.2) is 51.7 Å². The standard InChI is InChI=1S/C6H12.C5H11N.2C5H10O.C5H10.C4H8O.6C3H8/c1-6-4-2-3-5-6;2*1-5-2-3-6-4-5;1-5-3-2-4-6-5;1-5-3-2-4-5;1-4-2-3-5-4;6*1-3-2/h6H,2-5H2,1H3;5-6H,2-4H2,1H3;2*5H,2-4H2,1H3;5H,2-4H2,1H3;4H,2-3H2,1H3;6*3H2,1-2H3/t;3*5-;;4-;;;;;;/m.000.0....../s1. The lowest BCUT2D eigenvalue weighted by molar-refractivity contribution is -0.0375. The van der Waals surface area contributed by atoms with Gasteiger partial charge in [0.15, 0.2) is 0 Å². The quantitative estimate of drug-likeness (QED) is 0.268. The Balaban J connectivity index is -0.000000113. The molecule has 6 fully saturated rings. The average Bonchev–Trinajstić information content (AvgIpc) is 3.92. The van der Waals surface area contributed by atoms with Gasteiger partial charge in [-0.3, -0.25) is 0 Å². The number of rotatable bonds is 0. The third-order valence-corrected chi connectivity index (χ3v) is 7.59. The van der Waals surface area contributed by atoms with E-state index in [-0.39, 0.29) is 0 Å². The average molecular weight is 748 g/mol. The highest BCUT2D eigenvalue weighted by molar-refractivity contribution is 4.65. The van der Waals surface area contributed by atoms with Crippen molar-refractivity contribution >= 4 is 0 Å². The van der Waals surface area contributed by atoms with E-state index in [0.717, 1.165) is 50.1 Å². The van der Waals surface area contributed by atoms with E-state index in [0.29, 0.717) is 12.2 Å². The van der Waals surface area contributed by atoms with Crippen molar-refractivity contribution in [2.75, 3.05) is 39.5 Å². The fraction of sp³-hybridized carbons (Fsp3) is 1.00. The number of hydrogen-bond acceptors (Lipinski definition) is 4. The van der Waals surface area contributed by atoms with Crippen LogP contribution in [0.5, 0.6) is 0 Å². The number of ether oxygens (including phenoxy) is 3. The van der Waals surface area contributed by atoms with Crippen LogP contribution in [-0.2, 0) is 14.2 Å². The Morgan fingerprint density at radius 3 is 0.846 bits per heavy atom. The molecule has 4 heterocycles. The van der Waals surface area contributed by atoms with Gasteiger partial charge in [-0.1, -0.05) is 194 Å². The van der Waals surface area contributed by atoms with Gasteiger partial charge in [0.25, 0.3) is 0 Å². The molecule has 2 saturated carbocycles. The molecular formula is C48H109NO3. The molecule has 4 heteroatoms. The van der Waals surface area contributed by atoms with E-state index < -0.39 is 0 Å². The highest BCUT2D eigenvalue weighted by Gasteiger charge is 2.10. The third-order valence-electron chi connectivity index (χ3n) is 7.59. The summed E-state index contributed by atoms with van der Waals surface area (Å²) in [6.45, 7) is 45.3. The van der Waals surface area contributed by atoms with Crippen LogP contribution in [0, 0.1) is 23.7 Å². The first-order valence-electron chi connectivity index (χ1n) is 23.4. The molecule has 0 aromatic rings. The van der Waals surface area contributed by atoms with Gasteiger partial charge in [0.1, 0.15) is 0 Å². The van der Waals surface area contributed by atoms with E-state index >= 15 is 0 Å². The van der Waals surface area contributed by atoms with Gasteiger partial charge in [0.2, 0.25) is 0 Å². The molecule has 4 atom stereocenters. The molecule has 0 bridgehead atoms. The minimum atomic E-state index is 0.546. The number of hydrogen-bond donors (Lipinski definition) is 1. The molecule has 0 unspecified atom stereocenters. The lowest BCUT2D eigenvalue weighted by Crippen LogP contribution is -2.22. The Labute approximate surface area is 334 Å². The van der Waals surface area contributed by atoms with E-state index in [2.05, 4.69) is 130 Å². The Hall–Kier alpha value is -0.160. The molecule has 0 radical (unpaired) electrons. The Morgan fingerprint density at radius 1 is 0.385 bits per heavy atom. The van der Waals surface area contributed by atoms with Crippen molar-refractivity contribution in [1.82, 2.24) is 5.32 Å². The molecule has 0 aromatic heterocycles. The van der Waals surface area contributed by atoms with Gasteiger partial charge < -0.3 is 19.5 Å². The van der Waals surface area contributed by atoms with Gasteiger partial charge in [0, 0.05) is 26.4 Å². The van der Waals surface area contributed by atoms with Crippen molar-refractivity contribution in [2.45, 2.75) is 252 Å². The zero-order valence-electron chi connectivity index (χ0n) is 40.2. The van der Waals surface area contributed by atoms with Crippen LogP contribution in [0.15, 0.2) is 0 Å². The third kappa shape index (κ3) is 74.9.